The van der Waals surface area contributed by atoms with Gasteiger partial charge in [0, 0.05) is 12.2 Å². The van der Waals surface area contributed by atoms with E-state index >= 15 is 0 Å². The smallest absolute Gasteiger partial charge is 0.181 e. The van der Waals surface area contributed by atoms with E-state index in [9.17, 15) is 0 Å². The fraction of sp³-hybridized carbons (Fsp3) is 0.300. The van der Waals surface area contributed by atoms with E-state index in [-0.39, 0.29) is 6.04 Å². The Balaban J connectivity index is 2.08. The van der Waals surface area contributed by atoms with Crippen LogP contribution in [0.1, 0.15) is 18.5 Å². The van der Waals surface area contributed by atoms with Gasteiger partial charge in [0.25, 0.3) is 0 Å². The Bertz CT molecular complexity index is 481. The summed E-state index contributed by atoms with van der Waals surface area (Å²) >= 11 is 4.70. The topological polar surface area (TPSA) is 64.7 Å². The fourth-order valence-electron chi connectivity index (χ4n) is 1.13. The monoisotopic (exact) mass is 284 g/mol. The van der Waals surface area contributed by atoms with Crippen LogP contribution in [0.5, 0.6) is 0 Å². The molecule has 0 saturated heterocycles. The Morgan fingerprint density at radius 1 is 1.29 bits per heavy atom. The van der Waals surface area contributed by atoms with Crippen molar-refractivity contribution in [2.45, 2.75) is 26.7 Å². The van der Waals surface area contributed by atoms with E-state index in [0.29, 0.717) is 0 Å². The summed E-state index contributed by atoms with van der Waals surface area (Å²) in [5.41, 5.74) is 6.81. The first kappa shape index (κ1) is 12.8. The van der Waals surface area contributed by atoms with Gasteiger partial charge in [-0.15, -0.1) is 10.2 Å². The first-order valence-corrected chi connectivity index (χ1v) is 7.81. The molecule has 0 aliphatic rings. The van der Waals surface area contributed by atoms with E-state index < -0.39 is 0 Å². The molecule has 17 heavy (non-hydrogen) atoms. The van der Waals surface area contributed by atoms with Gasteiger partial charge in [0.2, 0.25) is 0 Å². The maximum Gasteiger partial charge on any atom is 0.181 e. The molecule has 7 heteroatoms. The van der Waals surface area contributed by atoms with Gasteiger partial charge in [0.05, 0.1) is 0 Å². The van der Waals surface area contributed by atoms with Gasteiger partial charge < -0.3 is 5.73 Å². The Kier molecular flexibility index (Phi) is 4.38. The summed E-state index contributed by atoms with van der Waals surface area (Å²) in [6, 6.07) is 3.98. The highest BCUT2D eigenvalue weighted by atomic mass is 32.2. The molecule has 0 bridgehead atoms. The lowest BCUT2D eigenvalue weighted by atomic mass is 10.2. The van der Waals surface area contributed by atoms with Crippen LogP contribution >= 0.6 is 34.9 Å². The lowest BCUT2D eigenvalue weighted by Crippen LogP contribution is -2.04. The Labute approximate surface area is 112 Å². The van der Waals surface area contributed by atoms with Crippen molar-refractivity contribution in [2.75, 3.05) is 6.26 Å². The number of nitrogens with zero attached hydrogens (tertiary/aromatic N) is 3. The summed E-state index contributed by atoms with van der Waals surface area (Å²) in [4.78, 5) is 4.35. The van der Waals surface area contributed by atoms with Crippen molar-refractivity contribution in [3.05, 3.63) is 23.9 Å². The van der Waals surface area contributed by atoms with Crippen molar-refractivity contribution >= 4 is 34.9 Å². The summed E-state index contributed by atoms with van der Waals surface area (Å²) in [5, 5.41) is 9.04. The highest BCUT2D eigenvalue weighted by Crippen LogP contribution is 2.31. The zero-order valence-electron chi connectivity index (χ0n) is 9.45. The second-order valence-electron chi connectivity index (χ2n) is 3.36. The van der Waals surface area contributed by atoms with Crippen molar-refractivity contribution in [1.82, 2.24) is 15.2 Å². The number of aromatic nitrogens is 3. The molecule has 2 N–H and O–H groups in total. The second kappa shape index (κ2) is 5.81. The normalized spacial score (nSPS) is 12.6. The summed E-state index contributed by atoms with van der Waals surface area (Å²) in [7, 11) is 0. The van der Waals surface area contributed by atoms with Crippen LogP contribution < -0.4 is 5.73 Å². The van der Waals surface area contributed by atoms with Crippen LogP contribution in [0, 0.1) is 0 Å². The molecule has 0 aromatic carbocycles. The fourth-order valence-corrected chi connectivity index (χ4v) is 3.46. The van der Waals surface area contributed by atoms with E-state index in [1.54, 1.807) is 23.1 Å². The second-order valence-corrected chi connectivity index (χ2v) is 6.66. The van der Waals surface area contributed by atoms with E-state index in [4.69, 9.17) is 5.73 Å². The Morgan fingerprint density at radius 3 is 2.59 bits per heavy atom. The third kappa shape index (κ3) is 3.41. The summed E-state index contributed by atoms with van der Waals surface area (Å²) in [6.07, 6.45) is 3.80. The summed E-state index contributed by atoms with van der Waals surface area (Å²) in [5.74, 6) is 0. The average molecular weight is 284 g/mol. The maximum atomic E-state index is 5.77. The largest absolute Gasteiger partial charge is 0.324 e. The number of nitrogens with two attached hydrogens (primary N) is 1. The molecule has 0 amide bonds. The molecule has 0 spiro atoms. The van der Waals surface area contributed by atoms with Gasteiger partial charge in [0.1, 0.15) is 5.03 Å². The number of hydrogen-bond donors (Lipinski definition) is 1. The molecule has 0 saturated carbocycles. The molecule has 4 nitrogen and oxygen atoms in total. The molecule has 0 aliphatic heterocycles. The van der Waals surface area contributed by atoms with E-state index in [1.807, 2.05) is 31.5 Å². The van der Waals surface area contributed by atoms with Gasteiger partial charge in [0.15, 0.2) is 8.68 Å². The molecule has 90 valence electrons. The standard InChI is InChI=1S/C10H12N4S3/c1-6(11)7-3-4-8(12-5-7)16-10-14-13-9(15-2)17-10/h3-6H,11H2,1-2H3/t6-/m1/s1. The Morgan fingerprint density at radius 2 is 2.06 bits per heavy atom. The molecule has 0 aliphatic carbocycles. The summed E-state index contributed by atoms with van der Waals surface area (Å²) < 4.78 is 1.88. The summed E-state index contributed by atoms with van der Waals surface area (Å²) in [6.45, 7) is 1.94. The van der Waals surface area contributed by atoms with Crippen molar-refractivity contribution in [2.24, 2.45) is 5.73 Å². The van der Waals surface area contributed by atoms with E-state index in [1.165, 1.54) is 11.8 Å². The van der Waals surface area contributed by atoms with Crippen LogP contribution in [0.4, 0.5) is 0 Å². The molecule has 0 fully saturated rings. The number of pyridine rings is 1. The maximum absolute atomic E-state index is 5.77. The zero-order valence-corrected chi connectivity index (χ0v) is 11.9. The van der Waals surface area contributed by atoms with Gasteiger partial charge >= 0.3 is 0 Å². The Hall–Kier alpha value is -0.630. The first-order chi connectivity index (χ1) is 8.19. The number of rotatable bonds is 4. The molecule has 2 aromatic heterocycles. The molecular weight excluding hydrogens is 272 g/mol. The van der Waals surface area contributed by atoms with Crippen molar-refractivity contribution < 1.29 is 0 Å². The lowest BCUT2D eigenvalue weighted by Gasteiger charge is -2.04. The van der Waals surface area contributed by atoms with E-state index in [2.05, 4.69) is 15.2 Å². The van der Waals surface area contributed by atoms with Crippen molar-refractivity contribution in [1.29, 1.82) is 0 Å². The highest BCUT2D eigenvalue weighted by Gasteiger charge is 2.06. The van der Waals surface area contributed by atoms with Crippen molar-refractivity contribution in [3.8, 4) is 0 Å². The van der Waals surface area contributed by atoms with Crippen LogP contribution in [0.3, 0.4) is 0 Å². The third-order valence-corrected chi connectivity index (χ3v) is 4.94. The third-order valence-electron chi connectivity index (χ3n) is 2.04. The average Bonchev–Trinajstić information content (AvgIpc) is 2.77. The number of hydrogen-bond acceptors (Lipinski definition) is 7. The van der Waals surface area contributed by atoms with Gasteiger partial charge in [-0.1, -0.05) is 29.2 Å². The minimum Gasteiger partial charge on any atom is -0.324 e. The van der Waals surface area contributed by atoms with E-state index in [0.717, 1.165) is 19.3 Å². The molecular formula is C10H12N4S3. The molecule has 0 radical (unpaired) electrons. The van der Waals surface area contributed by atoms with Gasteiger partial charge in [-0.3, -0.25) is 0 Å². The zero-order chi connectivity index (χ0) is 12.3. The van der Waals surface area contributed by atoms with Crippen LogP contribution in [-0.4, -0.2) is 21.4 Å². The van der Waals surface area contributed by atoms with Gasteiger partial charge in [-0.05, 0) is 36.6 Å². The molecule has 2 heterocycles. The predicted molar refractivity (Wildman–Crippen MR) is 72.7 cm³/mol. The van der Waals surface area contributed by atoms with Crippen LogP contribution in [-0.2, 0) is 0 Å². The molecule has 1 atom stereocenters. The van der Waals surface area contributed by atoms with Crippen molar-refractivity contribution in [3.63, 3.8) is 0 Å². The highest BCUT2D eigenvalue weighted by molar-refractivity contribution is 8.02. The molecule has 2 rings (SSSR count). The lowest BCUT2D eigenvalue weighted by molar-refractivity contribution is 0.806. The van der Waals surface area contributed by atoms with Crippen LogP contribution in [0.15, 0.2) is 32.0 Å². The molecule has 0 unspecified atom stereocenters. The predicted octanol–water partition coefficient (Wildman–Crippen LogP) is 2.83. The van der Waals surface area contributed by atoms with Gasteiger partial charge in [-0.25, -0.2) is 4.98 Å². The minimum absolute atomic E-state index is 0.0196. The minimum atomic E-state index is 0.0196. The first-order valence-electron chi connectivity index (χ1n) is 4.96. The van der Waals surface area contributed by atoms with Crippen LogP contribution in [0.2, 0.25) is 0 Å². The SMILES string of the molecule is CSc1nnc(Sc2ccc([C@@H](C)N)cn2)s1. The number of thioether (sulfide) groups is 1. The van der Waals surface area contributed by atoms with Gasteiger partial charge in [-0.2, -0.15) is 0 Å². The molecule has 2 aromatic rings. The van der Waals surface area contributed by atoms with Crippen LogP contribution in [0.25, 0.3) is 0 Å². The quantitative estimate of drug-likeness (QED) is 0.871.